The standard InChI is InChI=1S/C17H23N3O2S.ClH/c1-10(9-18)16(21)19-11(2)15-12(3)20-17(23-15)13-5-7-14(22-4)8-6-13;/h5-8,10-11H,9,18H2,1-4H3,(H,19,21);1H. The van der Waals surface area contributed by atoms with Crippen LogP contribution in [0.4, 0.5) is 0 Å². The Hall–Kier alpha value is -1.63. The van der Waals surface area contributed by atoms with E-state index in [2.05, 4.69) is 10.3 Å². The summed E-state index contributed by atoms with van der Waals surface area (Å²) in [6.45, 7) is 6.11. The Labute approximate surface area is 153 Å². The van der Waals surface area contributed by atoms with Gasteiger partial charge in [0, 0.05) is 18.0 Å². The molecule has 0 aliphatic heterocycles. The average molecular weight is 370 g/mol. The smallest absolute Gasteiger partial charge is 0.224 e. The van der Waals surface area contributed by atoms with Gasteiger partial charge >= 0.3 is 0 Å². The topological polar surface area (TPSA) is 77.2 Å². The van der Waals surface area contributed by atoms with Crippen LogP contribution in [0.5, 0.6) is 5.75 Å². The number of carbonyl (C=O) groups is 1. The highest BCUT2D eigenvalue weighted by molar-refractivity contribution is 7.15. The second-order valence-electron chi connectivity index (χ2n) is 5.56. The lowest BCUT2D eigenvalue weighted by Gasteiger charge is -2.15. The van der Waals surface area contributed by atoms with Crippen LogP contribution in [-0.4, -0.2) is 24.5 Å². The van der Waals surface area contributed by atoms with E-state index < -0.39 is 0 Å². The van der Waals surface area contributed by atoms with Crippen LogP contribution in [0.1, 0.15) is 30.5 Å². The van der Waals surface area contributed by atoms with Gasteiger partial charge in [0.25, 0.3) is 0 Å². The molecule has 132 valence electrons. The lowest BCUT2D eigenvalue weighted by molar-refractivity contribution is -0.124. The van der Waals surface area contributed by atoms with Crippen LogP contribution in [-0.2, 0) is 4.79 Å². The molecule has 3 N–H and O–H groups in total. The van der Waals surface area contributed by atoms with E-state index in [1.165, 1.54) is 0 Å². The van der Waals surface area contributed by atoms with Crippen LogP contribution in [0.3, 0.4) is 0 Å². The minimum atomic E-state index is -0.188. The largest absolute Gasteiger partial charge is 0.497 e. The number of aryl methyl sites for hydroxylation is 1. The van der Waals surface area contributed by atoms with E-state index in [1.54, 1.807) is 18.4 Å². The van der Waals surface area contributed by atoms with E-state index >= 15 is 0 Å². The number of ether oxygens (including phenoxy) is 1. The van der Waals surface area contributed by atoms with Crippen molar-refractivity contribution >= 4 is 29.7 Å². The molecule has 2 atom stereocenters. The van der Waals surface area contributed by atoms with E-state index in [-0.39, 0.29) is 30.3 Å². The number of nitrogens with one attached hydrogen (secondary N) is 1. The van der Waals surface area contributed by atoms with Gasteiger partial charge < -0.3 is 15.8 Å². The molecule has 0 saturated heterocycles. The lowest BCUT2D eigenvalue weighted by Crippen LogP contribution is -2.34. The number of amides is 1. The highest BCUT2D eigenvalue weighted by Crippen LogP contribution is 2.32. The number of thiazole rings is 1. The number of nitrogens with zero attached hydrogens (tertiary/aromatic N) is 1. The predicted molar refractivity (Wildman–Crippen MR) is 101 cm³/mol. The van der Waals surface area contributed by atoms with E-state index in [1.807, 2.05) is 45.0 Å². The first-order valence-electron chi connectivity index (χ1n) is 7.58. The van der Waals surface area contributed by atoms with E-state index in [9.17, 15) is 4.79 Å². The molecule has 2 rings (SSSR count). The third kappa shape index (κ3) is 4.69. The van der Waals surface area contributed by atoms with E-state index in [0.717, 1.165) is 26.9 Å². The molecular weight excluding hydrogens is 346 g/mol. The van der Waals surface area contributed by atoms with Crippen LogP contribution >= 0.6 is 23.7 Å². The number of carbonyl (C=O) groups excluding carboxylic acids is 1. The van der Waals surface area contributed by atoms with Gasteiger partial charge in [-0.25, -0.2) is 4.98 Å². The molecule has 1 heterocycles. The molecule has 0 spiro atoms. The fraction of sp³-hybridized carbons (Fsp3) is 0.412. The molecule has 0 bridgehead atoms. The van der Waals surface area contributed by atoms with Gasteiger partial charge in [0.2, 0.25) is 5.91 Å². The maximum absolute atomic E-state index is 12.0. The zero-order valence-corrected chi connectivity index (χ0v) is 16.0. The number of hydrogen-bond donors (Lipinski definition) is 2. The third-order valence-electron chi connectivity index (χ3n) is 3.72. The molecule has 1 amide bonds. The summed E-state index contributed by atoms with van der Waals surface area (Å²) in [5.41, 5.74) is 7.52. The molecule has 1 aromatic heterocycles. The van der Waals surface area contributed by atoms with Gasteiger partial charge in [0.05, 0.1) is 23.7 Å². The summed E-state index contributed by atoms with van der Waals surface area (Å²) in [5, 5.41) is 3.94. The molecular formula is C17H24ClN3O2S. The summed E-state index contributed by atoms with van der Waals surface area (Å²) in [5.74, 6) is 0.601. The second-order valence-corrected chi connectivity index (χ2v) is 6.59. The summed E-state index contributed by atoms with van der Waals surface area (Å²) >= 11 is 1.60. The Bertz CT molecular complexity index is 673. The normalized spacial score (nSPS) is 12.9. The summed E-state index contributed by atoms with van der Waals surface area (Å²) in [4.78, 5) is 17.7. The molecule has 2 aromatic rings. The second kappa shape index (κ2) is 9.01. The van der Waals surface area contributed by atoms with Crippen molar-refractivity contribution in [1.29, 1.82) is 0 Å². The molecule has 0 aliphatic rings. The summed E-state index contributed by atoms with van der Waals surface area (Å²) < 4.78 is 5.17. The van der Waals surface area contributed by atoms with Gasteiger partial charge in [0.15, 0.2) is 0 Å². The van der Waals surface area contributed by atoms with E-state index in [4.69, 9.17) is 10.5 Å². The number of nitrogens with two attached hydrogens (primary N) is 1. The maximum atomic E-state index is 12.0. The van der Waals surface area contributed by atoms with Crippen molar-refractivity contribution in [3.63, 3.8) is 0 Å². The van der Waals surface area contributed by atoms with Crippen molar-refractivity contribution in [3.05, 3.63) is 34.8 Å². The number of aromatic nitrogens is 1. The number of methoxy groups -OCH3 is 1. The molecule has 7 heteroatoms. The van der Waals surface area contributed by atoms with Crippen LogP contribution in [0.2, 0.25) is 0 Å². The highest BCUT2D eigenvalue weighted by atomic mass is 35.5. The quantitative estimate of drug-likeness (QED) is 0.818. The van der Waals surface area contributed by atoms with Crippen molar-refractivity contribution in [3.8, 4) is 16.3 Å². The monoisotopic (exact) mass is 369 g/mol. The molecule has 5 nitrogen and oxygen atoms in total. The molecule has 0 radical (unpaired) electrons. The SMILES string of the molecule is COc1ccc(-c2nc(C)c(C(C)NC(=O)C(C)CN)s2)cc1.Cl. The Morgan fingerprint density at radius 1 is 1.33 bits per heavy atom. The van der Waals surface area contributed by atoms with Crippen molar-refractivity contribution in [2.24, 2.45) is 11.7 Å². The van der Waals surface area contributed by atoms with Gasteiger partial charge in [-0.05, 0) is 38.1 Å². The summed E-state index contributed by atoms with van der Waals surface area (Å²) in [7, 11) is 1.65. The fourth-order valence-electron chi connectivity index (χ4n) is 2.20. The van der Waals surface area contributed by atoms with Gasteiger partial charge in [-0.1, -0.05) is 6.92 Å². The lowest BCUT2D eigenvalue weighted by atomic mass is 10.1. The molecule has 1 aromatic carbocycles. The summed E-state index contributed by atoms with van der Waals surface area (Å²) in [6.07, 6.45) is 0. The van der Waals surface area contributed by atoms with Crippen molar-refractivity contribution < 1.29 is 9.53 Å². The zero-order chi connectivity index (χ0) is 17.0. The van der Waals surface area contributed by atoms with Gasteiger partial charge in [-0.2, -0.15) is 0 Å². The maximum Gasteiger partial charge on any atom is 0.224 e. The Balaban J connectivity index is 0.00000288. The van der Waals surface area contributed by atoms with E-state index in [0.29, 0.717) is 6.54 Å². The van der Waals surface area contributed by atoms with Crippen LogP contribution in [0.15, 0.2) is 24.3 Å². The van der Waals surface area contributed by atoms with Crippen molar-refractivity contribution in [2.45, 2.75) is 26.8 Å². The average Bonchev–Trinajstić information content (AvgIpc) is 2.96. The van der Waals surface area contributed by atoms with Crippen molar-refractivity contribution in [1.82, 2.24) is 10.3 Å². The van der Waals surface area contributed by atoms with Gasteiger partial charge in [-0.15, -0.1) is 23.7 Å². The first-order chi connectivity index (χ1) is 11.0. The summed E-state index contributed by atoms with van der Waals surface area (Å²) in [6, 6.07) is 7.72. The minimum absolute atomic E-state index is 0. The molecule has 2 unspecified atom stereocenters. The highest BCUT2D eigenvalue weighted by Gasteiger charge is 2.19. The Morgan fingerprint density at radius 3 is 2.50 bits per heavy atom. The Kier molecular flexibility index (Phi) is 7.66. The van der Waals surface area contributed by atoms with Crippen molar-refractivity contribution in [2.75, 3.05) is 13.7 Å². The third-order valence-corrected chi connectivity index (χ3v) is 5.11. The molecule has 0 fully saturated rings. The molecule has 0 aliphatic carbocycles. The number of benzene rings is 1. The predicted octanol–water partition coefficient (Wildman–Crippen LogP) is 3.32. The van der Waals surface area contributed by atoms with Crippen LogP contribution in [0, 0.1) is 12.8 Å². The minimum Gasteiger partial charge on any atom is -0.497 e. The first-order valence-corrected chi connectivity index (χ1v) is 8.40. The molecule has 24 heavy (non-hydrogen) atoms. The van der Waals surface area contributed by atoms with Gasteiger partial charge in [0.1, 0.15) is 10.8 Å². The van der Waals surface area contributed by atoms with Crippen LogP contribution < -0.4 is 15.8 Å². The zero-order valence-electron chi connectivity index (χ0n) is 14.3. The molecule has 0 saturated carbocycles. The van der Waals surface area contributed by atoms with Gasteiger partial charge in [-0.3, -0.25) is 4.79 Å². The first kappa shape index (κ1) is 20.4. The Morgan fingerprint density at radius 2 is 1.96 bits per heavy atom. The fourth-order valence-corrected chi connectivity index (χ4v) is 3.27. The van der Waals surface area contributed by atoms with Crippen LogP contribution in [0.25, 0.3) is 10.6 Å². The number of halogens is 1. The number of hydrogen-bond acceptors (Lipinski definition) is 5. The number of rotatable bonds is 6.